The summed E-state index contributed by atoms with van der Waals surface area (Å²) in [6, 6.07) is 0. The number of hydrogen-bond donors (Lipinski definition) is 6. The van der Waals surface area contributed by atoms with Gasteiger partial charge in [-0.25, -0.2) is 19.3 Å². The van der Waals surface area contributed by atoms with Crippen LogP contribution in [0.5, 0.6) is 0 Å². The van der Waals surface area contributed by atoms with Crippen molar-refractivity contribution in [2.24, 2.45) is 0 Å². The topological polar surface area (TPSA) is 248 Å². The highest BCUT2D eigenvalue weighted by Crippen LogP contribution is 2.54. The second-order valence-corrected chi connectivity index (χ2v) is 15.6. The van der Waals surface area contributed by atoms with E-state index in [-0.39, 0.29) is 46.6 Å². The van der Waals surface area contributed by atoms with Gasteiger partial charge in [0.05, 0.1) is 31.7 Å². The van der Waals surface area contributed by atoms with E-state index in [0.717, 1.165) is 12.7 Å². The number of nitrogens with one attached hydrogen (secondary N) is 2. The van der Waals surface area contributed by atoms with Crippen molar-refractivity contribution < 1.29 is 37.3 Å². The number of H-pyrrole nitrogens is 2. The van der Waals surface area contributed by atoms with Gasteiger partial charge in [0.2, 0.25) is 5.95 Å². The quantitative estimate of drug-likeness (QED) is 0.0977. The van der Waals surface area contributed by atoms with E-state index in [2.05, 4.69) is 42.2 Å². The largest absolute Gasteiger partial charge is 0.582 e. The molecule has 0 amide bonds. The maximum Gasteiger partial charge on any atom is 0.582 e. The lowest BCUT2D eigenvalue weighted by molar-refractivity contribution is -0.0450. The second kappa shape index (κ2) is 12.4. The number of hydrogen-bond acceptors (Lipinski definition) is 15. The molecule has 2 fully saturated rings. The van der Waals surface area contributed by atoms with Crippen molar-refractivity contribution in [2.75, 3.05) is 18.9 Å². The molecule has 6 rings (SSSR count). The lowest BCUT2D eigenvalue weighted by atomic mass is 10.1. The Balaban J connectivity index is 1.18. The maximum atomic E-state index is 15.1. The van der Waals surface area contributed by atoms with Gasteiger partial charge in [-0.3, -0.25) is 23.7 Å². The number of nitrogen functional groups attached to an aromatic ring is 1. The lowest BCUT2D eigenvalue weighted by Crippen LogP contribution is -2.31. The van der Waals surface area contributed by atoms with Crippen molar-refractivity contribution in [1.82, 2.24) is 39.0 Å². The number of nitrogens with zero attached hydrogens (tertiary/aromatic N) is 6. The molecule has 0 spiro atoms. The fraction of sp³-hybridized carbons (Fsp3) is 0.500. The highest BCUT2D eigenvalue weighted by molar-refractivity contribution is 8.39. The molecule has 2 saturated heterocycles. The number of aliphatic hydroxyl groups excluding tert-OH is 1. The van der Waals surface area contributed by atoms with Crippen LogP contribution in [-0.2, 0) is 34.7 Å². The second-order valence-electron chi connectivity index (χ2n) is 9.66. The number of aromatic nitrogens is 8. The van der Waals surface area contributed by atoms with Gasteiger partial charge in [-0.05, 0) is 22.8 Å². The van der Waals surface area contributed by atoms with E-state index < -0.39 is 67.8 Å². The van der Waals surface area contributed by atoms with Gasteiger partial charge in [0.1, 0.15) is 36.4 Å². The van der Waals surface area contributed by atoms with Crippen LogP contribution in [0.15, 0.2) is 28.6 Å². The average molecular weight is 711 g/mol. The minimum atomic E-state index is -4.08. The summed E-state index contributed by atoms with van der Waals surface area (Å²) in [5, 5.41) is 9.55. The molecule has 0 aliphatic carbocycles. The molecule has 44 heavy (non-hydrogen) atoms. The smallest absolute Gasteiger partial charge is 0.387 e. The highest BCUT2D eigenvalue weighted by Gasteiger charge is 2.47. The average Bonchev–Trinajstić information content (AvgIpc) is 3.73. The van der Waals surface area contributed by atoms with Crippen LogP contribution in [0.4, 0.5) is 10.3 Å². The predicted molar refractivity (Wildman–Crippen MR) is 160 cm³/mol. The number of nitrogens with two attached hydrogens (primary N) is 1. The number of halogens is 1. The van der Waals surface area contributed by atoms with E-state index >= 15 is 4.39 Å². The number of imidazole rings is 2. The molecule has 0 bridgehead atoms. The first-order valence-corrected chi connectivity index (χ1v) is 18.5. The molecule has 236 valence electrons. The molecule has 2 unspecified atom stereocenters. The summed E-state index contributed by atoms with van der Waals surface area (Å²) in [4.78, 5) is 56.2. The Morgan fingerprint density at radius 1 is 1.23 bits per heavy atom. The molecule has 0 aromatic carbocycles. The van der Waals surface area contributed by atoms with Crippen molar-refractivity contribution in [1.29, 1.82) is 0 Å². The van der Waals surface area contributed by atoms with Gasteiger partial charge in [-0.1, -0.05) is 0 Å². The van der Waals surface area contributed by atoms with Gasteiger partial charge in [0.25, 0.3) is 11.1 Å². The van der Waals surface area contributed by atoms with Gasteiger partial charge in [-0.2, -0.15) is 4.98 Å². The van der Waals surface area contributed by atoms with E-state index in [0.29, 0.717) is 0 Å². The van der Waals surface area contributed by atoms with Crippen molar-refractivity contribution in [3.63, 3.8) is 0 Å². The molecule has 0 radical (unpaired) electrons. The Hall–Kier alpha value is -2.36. The molecule has 9 atom stereocenters. The molecule has 0 saturated carbocycles. The lowest BCUT2D eigenvalue weighted by Gasteiger charge is -2.26. The van der Waals surface area contributed by atoms with Crippen LogP contribution in [0.3, 0.4) is 0 Å². The summed E-state index contributed by atoms with van der Waals surface area (Å²) in [6.45, 7) is -4.61. The van der Waals surface area contributed by atoms with Crippen LogP contribution >= 0.6 is 38.0 Å². The number of ether oxygens (including phenoxy) is 1. The number of alkyl halides is 1. The monoisotopic (exact) mass is 710 g/mol. The van der Waals surface area contributed by atoms with Crippen molar-refractivity contribution >= 4 is 78.0 Å². The maximum absolute atomic E-state index is 15.1. The third-order valence-electron chi connectivity index (χ3n) is 6.84. The molecule has 6 N–H and O–H groups in total. The molecular formula is C20H23FN9O9P2S3+. The zero-order valence-corrected chi connectivity index (χ0v) is 26.3. The van der Waals surface area contributed by atoms with Gasteiger partial charge in [0, 0.05) is 5.25 Å². The van der Waals surface area contributed by atoms with Crippen LogP contribution in [0, 0.1) is 0 Å². The van der Waals surface area contributed by atoms with E-state index in [1.54, 1.807) is 0 Å². The van der Waals surface area contributed by atoms with Crippen molar-refractivity contribution in [3.8, 4) is 0 Å². The van der Waals surface area contributed by atoms with E-state index in [9.17, 15) is 24.2 Å². The number of aliphatic hydroxyl groups is 1. The Morgan fingerprint density at radius 3 is 2.70 bits per heavy atom. The fourth-order valence-electron chi connectivity index (χ4n) is 4.92. The van der Waals surface area contributed by atoms with E-state index in [4.69, 9.17) is 35.8 Å². The Labute approximate surface area is 260 Å². The number of anilines is 1. The number of fused-ring (bicyclic) bond motifs is 2. The summed E-state index contributed by atoms with van der Waals surface area (Å²) < 4.78 is 51.5. The number of thiol groups is 1. The van der Waals surface area contributed by atoms with Crippen LogP contribution in [0.2, 0.25) is 0 Å². The summed E-state index contributed by atoms with van der Waals surface area (Å²) >= 11 is 10.3. The number of thioether (sulfide) groups is 1. The summed E-state index contributed by atoms with van der Waals surface area (Å²) in [6.07, 6.45) is -3.33. The zero-order chi connectivity index (χ0) is 31.3. The first-order valence-electron chi connectivity index (χ1n) is 12.6. The summed E-state index contributed by atoms with van der Waals surface area (Å²) in [7, 11) is -2.19. The zero-order valence-electron chi connectivity index (χ0n) is 21.9. The van der Waals surface area contributed by atoms with Gasteiger partial charge in [0.15, 0.2) is 34.7 Å². The molecule has 24 heteroatoms. The van der Waals surface area contributed by atoms with Crippen LogP contribution in [0.25, 0.3) is 22.3 Å². The molecular weight excluding hydrogens is 687 g/mol. The van der Waals surface area contributed by atoms with Gasteiger partial charge in [-0.15, -0.1) is 16.3 Å². The molecule has 4 aromatic rings. The fourth-order valence-corrected chi connectivity index (χ4v) is 8.54. The molecule has 4 aromatic heterocycles. The number of rotatable bonds is 10. The minimum Gasteiger partial charge on any atom is -0.387 e. The Bertz CT molecular complexity index is 1890. The summed E-state index contributed by atoms with van der Waals surface area (Å²) in [5.41, 5.74) is 4.81. The standard InChI is InChI=1S/C20H22FN9O9P2S3/c21-10-13(31)9(38-18(10)29-5-25-11-14(29)23-4-24-16(11)32)3-37-41(35,43)39-8-1-7(2-36-40(34)42)44-19(8)30-6-26-12-15(30)27-20(22)28-17(12)33/h4-10,13,18-19,31H,1-3H2,(H5-,22,23,24,27,28,32,33,34,35,42,43)/p+1/t7-,8+,9+,10-,13+,18+,19+,41?/m0/s1. The first-order chi connectivity index (χ1) is 20.9. The van der Waals surface area contributed by atoms with Crippen molar-refractivity contribution in [2.45, 2.75) is 47.8 Å². The van der Waals surface area contributed by atoms with E-state index in [1.807, 2.05) is 0 Å². The normalized spacial score (nSPS) is 29.0. The minimum absolute atomic E-state index is 0.0166. The van der Waals surface area contributed by atoms with Crippen LogP contribution < -0.4 is 16.9 Å². The first kappa shape index (κ1) is 31.6. The van der Waals surface area contributed by atoms with Gasteiger partial charge >= 0.3 is 13.9 Å². The van der Waals surface area contributed by atoms with E-state index in [1.165, 1.54) is 27.2 Å². The predicted octanol–water partition coefficient (Wildman–Crippen LogP) is 0.658. The summed E-state index contributed by atoms with van der Waals surface area (Å²) in [5.74, 6) is -0.141. The molecule has 2 aliphatic rings. The molecule has 2 aliphatic heterocycles. The van der Waals surface area contributed by atoms with Crippen molar-refractivity contribution in [3.05, 3.63) is 39.7 Å². The highest BCUT2D eigenvalue weighted by atomic mass is 32.7. The molecule has 6 heterocycles. The molecule has 18 nitrogen and oxygen atoms in total. The third kappa shape index (κ3) is 6.21. The van der Waals surface area contributed by atoms with Gasteiger partial charge < -0.3 is 34.5 Å². The van der Waals surface area contributed by atoms with Crippen LogP contribution in [0.1, 0.15) is 18.0 Å². The Kier molecular flexibility index (Phi) is 8.94. The SMILES string of the molecule is Nc1nc2c(ncn2[C@@H]2S[C@H](CO[P+](=O)S)C[C@H]2OP(O)(=S)OC[C@H]2O[C@@H](n3cnc4c(=O)[nH]cnc43)[C@@H](F)[C@@H]2O)c(=O)[nH]1. The van der Waals surface area contributed by atoms with Crippen LogP contribution in [-0.4, -0.2) is 92.0 Å². The third-order valence-corrected chi connectivity index (χ3v) is 10.7. The number of aromatic amines is 2. The Morgan fingerprint density at radius 2 is 1.95 bits per heavy atom.